The number of carbonyl (C=O) groups excluding carboxylic acids is 3. The zero-order chi connectivity index (χ0) is 22.5. The standard InChI is InChI=1S/C23H21N3O5S/c1-15-6-2-3-7-17(15)25-20(27)10-21-24-16(14-32-21)12-31-23(29)11-26-18-8-4-5-9-19(18)30-13-22(26)28/h2-9,14H,10-13H2,1H3,(H,25,27). The second kappa shape index (κ2) is 9.61. The Kier molecular flexibility index (Phi) is 6.46. The molecule has 4 rings (SSSR count). The Morgan fingerprint density at radius 2 is 1.97 bits per heavy atom. The molecule has 2 heterocycles. The molecule has 0 atom stereocenters. The highest BCUT2D eigenvalue weighted by Gasteiger charge is 2.27. The van der Waals surface area contributed by atoms with E-state index in [0.29, 0.717) is 22.1 Å². The summed E-state index contributed by atoms with van der Waals surface area (Å²) in [4.78, 5) is 42.5. The van der Waals surface area contributed by atoms with Gasteiger partial charge in [0, 0.05) is 11.1 Å². The molecule has 1 aliphatic rings. The zero-order valence-corrected chi connectivity index (χ0v) is 18.2. The van der Waals surface area contributed by atoms with E-state index in [2.05, 4.69) is 10.3 Å². The fraction of sp³-hybridized carbons (Fsp3) is 0.217. The lowest BCUT2D eigenvalue weighted by Crippen LogP contribution is -2.42. The molecular formula is C23H21N3O5S. The van der Waals surface area contributed by atoms with Crippen LogP contribution in [0.4, 0.5) is 11.4 Å². The Bertz CT molecular complexity index is 1160. The summed E-state index contributed by atoms with van der Waals surface area (Å²) in [6.07, 6.45) is 0.131. The lowest BCUT2D eigenvalue weighted by Gasteiger charge is -2.28. The van der Waals surface area contributed by atoms with E-state index in [0.717, 1.165) is 11.3 Å². The van der Waals surface area contributed by atoms with Gasteiger partial charge < -0.3 is 14.8 Å². The summed E-state index contributed by atoms with van der Waals surface area (Å²) in [5, 5.41) is 5.24. The molecule has 8 nitrogen and oxygen atoms in total. The number of anilines is 2. The smallest absolute Gasteiger partial charge is 0.326 e. The third-order valence-electron chi connectivity index (χ3n) is 4.81. The largest absolute Gasteiger partial charge is 0.482 e. The summed E-state index contributed by atoms with van der Waals surface area (Å²) in [7, 11) is 0. The molecule has 0 fully saturated rings. The molecule has 3 aromatic rings. The maximum Gasteiger partial charge on any atom is 0.326 e. The number of benzene rings is 2. The summed E-state index contributed by atoms with van der Waals surface area (Å²) in [6.45, 7) is 1.56. The molecule has 1 N–H and O–H groups in total. The summed E-state index contributed by atoms with van der Waals surface area (Å²) in [5.74, 6) is -0.479. The predicted molar refractivity (Wildman–Crippen MR) is 120 cm³/mol. The van der Waals surface area contributed by atoms with E-state index in [1.165, 1.54) is 16.2 Å². The van der Waals surface area contributed by atoms with Crippen molar-refractivity contribution in [3.63, 3.8) is 0 Å². The van der Waals surface area contributed by atoms with Gasteiger partial charge in [0.25, 0.3) is 5.91 Å². The number of hydrogen-bond donors (Lipinski definition) is 1. The van der Waals surface area contributed by atoms with Crippen LogP contribution in [0.3, 0.4) is 0 Å². The maximum atomic E-state index is 12.3. The average molecular weight is 452 g/mol. The van der Waals surface area contributed by atoms with Crippen LogP contribution in [-0.4, -0.2) is 35.9 Å². The fourth-order valence-electron chi connectivity index (χ4n) is 3.20. The van der Waals surface area contributed by atoms with Crippen LogP contribution < -0.4 is 15.0 Å². The van der Waals surface area contributed by atoms with Gasteiger partial charge in [0.05, 0.1) is 17.8 Å². The first-order valence-electron chi connectivity index (χ1n) is 9.96. The van der Waals surface area contributed by atoms with Gasteiger partial charge in [-0.15, -0.1) is 11.3 Å². The number of nitrogens with one attached hydrogen (secondary N) is 1. The van der Waals surface area contributed by atoms with Crippen LogP contribution in [0.5, 0.6) is 5.75 Å². The van der Waals surface area contributed by atoms with E-state index >= 15 is 0 Å². The first-order valence-corrected chi connectivity index (χ1v) is 10.8. The quantitative estimate of drug-likeness (QED) is 0.555. The van der Waals surface area contributed by atoms with Crippen molar-refractivity contribution in [2.24, 2.45) is 0 Å². The molecule has 32 heavy (non-hydrogen) atoms. The maximum absolute atomic E-state index is 12.3. The third-order valence-corrected chi connectivity index (χ3v) is 5.70. The highest BCUT2D eigenvalue weighted by molar-refractivity contribution is 7.09. The molecule has 1 aromatic heterocycles. The Balaban J connectivity index is 1.29. The molecule has 0 saturated carbocycles. The molecule has 2 aromatic carbocycles. The Hall–Kier alpha value is -3.72. The summed E-state index contributed by atoms with van der Waals surface area (Å²) in [6, 6.07) is 14.6. The van der Waals surface area contributed by atoms with Crippen molar-refractivity contribution in [3.8, 4) is 5.75 Å². The van der Waals surface area contributed by atoms with Crippen LogP contribution in [0.15, 0.2) is 53.9 Å². The second-order valence-corrected chi connectivity index (χ2v) is 8.11. The van der Waals surface area contributed by atoms with E-state index in [1.807, 2.05) is 31.2 Å². The highest BCUT2D eigenvalue weighted by atomic mass is 32.1. The number of aryl methyl sites for hydroxylation is 1. The van der Waals surface area contributed by atoms with Gasteiger partial charge in [-0.25, -0.2) is 4.98 Å². The molecule has 0 radical (unpaired) electrons. The Morgan fingerprint density at radius 1 is 1.19 bits per heavy atom. The average Bonchev–Trinajstić information content (AvgIpc) is 3.23. The molecular weight excluding hydrogens is 430 g/mol. The lowest BCUT2D eigenvalue weighted by atomic mass is 10.2. The fourth-order valence-corrected chi connectivity index (χ4v) is 3.98. The van der Waals surface area contributed by atoms with Crippen molar-refractivity contribution in [3.05, 3.63) is 70.2 Å². The number of esters is 1. The van der Waals surface area contributed by atoms with Crippen molar-refractivity contribution in [2.75, 3.05) is 23.4 Å². The number of ether oxygens (including phenoxy) is 2. The minimum absolute atomic E-state index is 0.0328. The van der Waals surface area contributed by atoms with Crippen LogP contribution in [0.1, 0.15) is 16.3 Å². The number of nitrogens with zero attached hydrogens (tertiary/aromatic N) is 2. The molecule has 9 heteroatoms. The van der Waals surface area contributed by atoms with Gasteiger partial charge in [-0.2, -0.15) is 0 Å². The number of amides is 2. The highest BCUT2D eigenvalue weighted by Crippen LogP contribution is 2.31. The van der Waals surface area contributed by atoms with Gasteiger partial charge in [-0.1, -0.05) is 30.3 Å². The number of aromatic nitrogens is 1. The van der Waals surface area contributed by atoms with E-state index < -0.39 is 5.97 Å². The number of para-hydroxylation sites is 3. The second-order valence-electron chi connectivity index (χ2n) is 7.17. The van der Waals surface area contributed by atoms with Crippen molar-refractivity contribution in [2.45, 2.75) is 20.0 Å². The van der Waals surface area contributed by atoms with Crippen LogP contribution in [0, 0.1) is 6.92 Å². The van der Waals surface area contributed by atoms with Gasteiger partial charge in [-0.05, 0) is 30.7 Å². The molecule has 0 spiro atoms. The Morgan fingerprint density at radius 3 is 2.81 bits per heavy atom. The van der Waals surface area contributed by atoms with Gasteiger partial charge in [0.2, 0.25) is 5.91 Å². The molecule has 0 saturated heterocycles. The van der Waals surface area contributed by atoms with Gasteiger partial charge in [-0.3, -0.25) is 19.3 Å². The zero-order valence-electron chi connectivity index (χ0n) is 17.4. The van der Waals surface area contributed by atoms with Crippen molar-refractivity contribution in [1.29, 1.82) is 0 Å². The first-order chi connectivity index (χ1) is 15.5. The van der Waals surface area contributed by atoms with Gasteiger partial charge in [0.15, 0.2) is 6.61 Å². The first kappa shape index (κ1) is 21.5. The molecule has 2 amide bonds. The van der Waals surface area contributed by atoms with Gasteiger partial charge in [0.1, 0.15) is 23.9 Å². The van der Waals surface area contributed by atoms with Crippen molar-refractivity contribution >= 4 is 40.5 Å². The normalized spacial score (nSPS) is 12.7. The van der Waals surface area contributed by atoms with Gasteiger partial charge >= 0.3 is 5.97 Å². The summed E-state index contributed by atoms with van der Waals surface area (Å²) < 4.78 is 10.7. The SMILES string of the molecule is Cc1ccccc1NC(=O)Cc1nc(COC(=O)CN2C(=O)COc3ccccc32)cs1. The van der Waals surface area contributed by atoms with Crippen molar-refractivity contribution < 1.29 is 23.9 Å². The van der Waals surface area contributed by atoms with E-state index in [-0.39, 0.29) is 38.0 Å². The van der Waals surface area contributed by atoms with Crippen LogP contribution in [0.25, 0.3) is 0 Å². The molecule has 164 valence electrons. The number of carbonyl (C=O) groups is 3. The minimum atomic E-state index is -0.554. The van der Waals surface area contributed by atoms with Crippen LogP contribution in [0.2, 0.25) is 0 Å². The number of hydrogen-bond acceptors (Lipinski definition) is 7. The molecule has 1 aliphatic heterocycles. The lowest BCUT2D eigenvalue weighted by molar-refractivity contribution is -0.144. The van der Waals surface area contributed by atoms with E-state index in [1.54, 1.807) is 29.6 Å². The van der Waals surface area contributed by atoms with E-state index in [9.17, 15) is 14.4 Å². The van der Waals surface area contributed by atoms with Crippen LogP contribution in [-0.2, 0) is 32.1 Å². The number of rotatable bonds is 7. The monoisotopic (exact) mass is 451 g/mol. The summed E-state index contributed by atoms with van der Waals surface area (Å²) in [5.41, 5.74) is 2.84. The van der Waals surface area contributed by atoms with Crippen molar-refractivity contribution in [1.82, 2.24) is 4.98 Å². The van der Waals surface area contributed by atoms with Crippen LogP contribution >= 0.6 is 11.3 Å². The van der Waals surface area contributed by atoms with E-state index in [4.69, 9.17) is 9.47 Å². The Labute approximate surface area is 188 Å². The topological polar surface area (TPSA) is 97.8 Å². The summed E-state index contributed by atoms with van der Waals surface area (Å²) >= 11 is 1.33. The molecule has 0 aliphatic carbocycles. The minimum Gasteiger partial charge on any atom is -0.482 e. The molecule has 0 unspecified atom stereocenters. The third kappa shape index (κ3) is 5.12. The number of thiazole rings is 1. The number of fused-ring (bicyclic) bond motifs is 1. The predicted octanol–water partition coefficient (Wildman–Crippen LogP) is 3.10. The molecule has 0 bridgehead atoms.